The molecule has 0 saturated carbocycles. The first-order valence-corrected chi connectivity index (χ1v) is 38.4. The highest BCUT2D eigenvalue weighted by atomic mass is 19.1. The number of nitrogens with zero attached hydrogens (tertiary/aromatic N) is 24. The van der Waals surface area contributed by atoms with E-state index in [0.29, 0.717) is 57.5 Å². The summed E-state index contributed by atoms with van der Waals surface area (Å²) in [5, 5.41) is 94.3. The van der Waals surface area contributed by atoms with E-state index < -0.39 is 66.9 Å². The number of hydrogen-bond acceptors (Lipinski definition) is 27. The summed E-state index contributed by atoms with van der Waals surface area (Å²) >= 11 is 0. The quantitative estimate of drug-likeness (QED) is 0.0290. The van der Waals surface area contributed by atoms with Crippen LogP contribution in [0.5, 0.6) is 0 Å². The molecule has 6 saturated heterocycles. The lowest BCUT2D eigenvalue weighted by molar-refractivity contribution is -0.397. The molecule has 0 bridgehead atoms. The number of hydrogen-bond donors (Lipinski definition) is 3. The van der Waals surface area contributed by atoms with Gasteiger partial charge in [-0.3, -0.25) is 9.80 Å². The summed E-state index contributed by atoms with van der Waals surface area (Å²) in [4.78, 5) is 95.9. The molecule has 3 N–H and O–H groups in total. The highest BCUT2D eigenvalue weighted by Gasteiger charge is 2.30. The van der Waals surface area contributed by atoms with Crippen LogP contribution >= 0.6 is 0 Å². The molecule has 0 radical (unpaired) electrons. The fraction of sp³-hybridized carbons (Fsp3) is 0.739. The van der Waals surface area contributed by atoms with Crippen LogP contribution in [0.1, 0.15) is 117 Å². The summed E-state index contributed by atoms with van der Waals surface area (Å²) in [5.41, 5.74) is 0. The molecule has 618 valence electrons. The van der Waals surface area contributed by atoms with Gasteiger partial charge in [0.1, 0.15) is 99.9 Å². The minimum Gasteiger partial charge on any atom is -0.390 e. The second-order valence-electron chi connectivity index (χ2n) is 29.6. The van der Waals surface area contributed by atoms with E-state index >= 15 is 0 Å². The van der Waals surface area contributed by atoms with E-state index in [9.17, 15) is 89.2 Å². The molecule has 0 amide bonds. The van der Waals surface area contributed by atoms with E-state index in [1.807, 2.05) is 4.90 Å². The molecule has 6 fully saturated rings. The maximum Gasteiger partial charge on any atom is 0.434 e. The maximum absolute atomic E-state index is 13.9. The largest absolute Gasteiger partial charge is 0.434 e. The third-order valence-electron chi connectivity index (χ3n) is 20.2. The number of aliphatic hydroxyl groups excluding tert-OH is 3. The number of likely N-dealkylation sites (tertiary alicyclic amines) is 6. The number of aliphatic hydroxyl groups is 3. The molecule has 8 unspecified atom stereocenters. The Kier molecular flexibility index (Phi) is 37.7. The predicted octanol–water partition coefficient (Wildman–Crippen LogP) is 7.50. The monoisotopic (exact) mass is 1570 g/mol. The van der Waals surface area contributed by atoms with Crippen molar-refractivity contribution in [2.45, 2.75) is 193 Å². The van der Waals surface area contributed by atoms with Gasteiger partial charge in [-0.15, -0.1) is 0 Å². The van der Waals surface area contributed by atoms with Gasteiger partial charge in [-0.05, 0) is 190 Å². The maximum atomic E-state index is 13.9. The summed E-state index contributed by atoms with van der Waals surface area (Å²) < 4.78 is 48.6. The van der Waals surface area contributed by atoms with Gasteiger partial charge in [0.2, 0.25) is 0 Å². The van der Waals surface area contributed by atoms with Gasteiger partial charge >= 0.3 is 35.7 Å². The fourth-order valence-corrected chi connectivity index (χ4v) is 14.7. The molecule has 42 heteroatoms. The van der Waals surface area contributed by atoms with Crippen LogP contribution < -0.4 is 0 Å². The highest BCUT2D eigenvalue weighted by molar-refractivity contribution is 5.11. The average molecular weight is 1570 g/mol. The van der Waals surface area contributed by atoms with E-state index in [-0.39, 0.29) is 74.5 Å². The minimum absolute atomic E-state index is 0.00713. The Morgan fingerprint density at radius 2 is 0.694 bits per heavy atom. The van der Waals surface area contributed by atoms with Crippen molar-refractivity contribution in [2.75, 3.05) is 118 Å². The van der Waals surface area contributed by atoms with Crippen molar-refractivity contribution in [1.82, 2.24) is 86.7 Å². The van der Waals surface area contributed by atoms with Crippen molar-refractivity contribution < 1.29 is 58.0 Å². The first kappa shape index (κ1) is 89.3. The van der Waals surface area contributed by atoms with E-state index in [4.69, 9.17) is 0 Å². The zero-order chi connectivity index (χ0) is 80.4. The lowest BCUT2D eigenvalue weighted by Gasteiger charge is -2.32. The van der Waals surface area contributed by atoms with Crippen LogP contribution in [0.15, 0.2) is 74.4 Å². The molecular formula is C69H111F3N24O15. The van der Waals surface area contributed by atoms with Crippen LogP contribution in [0.4, 0.5) is 48.9 Å². The normalized spacial score (nSPS) is 20.1. The van der Waals surface area contributed by atoms with Crippen LogP contribution in [-0.4, -0.2) is 286 Å². The van der Waals surface area contributed by atoms with Gasteiger partial charge in [0, 0.05) is 45.8 Å². The van der Waals surface area contributed by atoms with Gasteiger partial charge < -0.3 is 95.6 Å². The van der Waals surface area contributed by atoms with Crippen molar-refractivity contribution in [3.05, 3.63) is 135 Å². The molecule has 6 aromatic rings. The molecule has 0 aliphatic carbocycles. The number of piperidine rings is 6. The first-order valence-electron chi connectivity index (χ1n) is 38.4. The molecule has 39 nitrogen and oxygen atoms in total. The SMILES string of the molecule is CC(CN1CCCCC1)Cn1ccnc1[N+](=O)[O-].CC1CCCN(CC(O)Cn2ccnc2[N+](=O)[O-])C1.CC1CCN(CC(O)Cn2ccnc2[N+](=O)[O-])CC1.O=[N+]([O-])c1nccn1CC(CF)N1CCCCC1.O=[N+]([O-])c1nccn1CC(F)CN1CCCCC1.O=[N+]([O-])c1nccn1CC(O)CN1CCCC(F)C1. The van der Waals surface area contributed by atoms with Crippen LogP contribution in [-0.2, 0) is 39.3 Å². The Bertz CT molecular complexity index is 3570. The third-order valence-corrected chi connectivity index (χ3v) is 20.2. The van der Waals surface area contributed by atoms with Gasteiger partial charge in [-0.2, -0.15) is 0 Å². The molecule has 6 aliphatic rings. The summed E-state index contributed by atoms with van der Waals surface area (Å²) in [6.45, 7) is 21.3. The van der Waals surface area contributed by atoms with Crippen LogP contribution in [0, 0.1) is 78.4 Å². The number of rotatable bonds is 30. The lowest BCUT2D eigenvalue weighted by atomic mass is 9.99. The number of alkyl halides is 3. The molecule has 12 heterocycles. The Labute approximate surface area is 642 Å². The molecule has 8 atom stereocenters. The summed E-state index contributed by atoms with van der Waals surface area (Å²) in [5.74, 6) is 0.517. The number of halogens is 3. The lowest BCUT2D eigenvalue weighted by Crippen LogP contribution is -2.43. The van der Waals surface area contributed by atoms with Crippen molar-refractivity contribution in [3.63, 3.8) is 0 Å². The third kappa shape index (κ3) is 30.9. The van der Waals surface area contributed by atoms with Gasteiger partial charge in [0.15, 0.2) is 0 Å². The summed E-state index contributed by atoms with van der Waals surface area (Å²) in [6, 6.07) is -0.293. The van der Waals surface area contributed by atoms with Crippen molar-refractivity contribution in [3.8, 4) is 0 Å². The molecule has 111 heavy (non-hydrogen) atoms. The van der Waals surface area contributed by atoms with E-state index in [0.717, 1.165) is 136 Å². The number of β-amino-alcohol motifs (C(OH)–C–C–N with tert-alkyl or cyclic N) is 3. The Morgan fingerprint density at radius 3 is 1.06 bits per heavy atom. The van der Waals surface area contributed by atoms with Crippen LogP contribution in [0.3, 0.4) is 0 Å². The highest BCUT2D eigenvalue weighted by Crippen LogP contribution is 2.23. The minimum atomic E-state index is -1.10. The number of aromatic nitrogens is 12. The van der Waals surface area contributed by atoms with Crippen LogP contribution in [0.25, 0.3) is 0 Å². The average Bonchev–Trinajstić information content (AvgIpc) is 1.79. The van der Waals surface area contributed by atoms with Crippen molar-refractivity contribution >= 4 is 35.7 Å². The molecule has 6 aromatic heterocycles. The second kappa shape index (κ2) is 46.8. The fourth-order valence-electron chi connectivity index (χ4n) is 14.7. The van der Waals surface area contributed by atoms with Gasteiger partial charge in [-0.1, -0.05) is 69.9 Å². The topological polar surface area (TPSA) is 446 Å². The number of nitro groups is 6. The molecule has 0 aromatic carbocycles. The molecule has 12 rings (SSSR count). The Morgan fingerprint density at radius 1 is 0.378 bits per heavy atom. The first-order chi connectivity index (χ1) is 53.2. The van der Waals surface area contributed by atoms with Crippen molar-refractivity contribution in [1.29, 1.82) is 0 Å². The predicted molar refractivity (Wildman–Crippen MR) is 401 cm³/mol. The van der Waals surface area contributed by atoms with Crippen molar-refractivity contribution in [2.24, 2.45) is 17.8 Å². The second-order valence-corrected chi connectivity index (χ2v) is 29.6. The molecular weight excluding hydrogens is 1460 g/mol. The van der Waals surface area contributed by atoms with Gasteiger partial charge in [-0.25, -0.2) is 40.6 Å². The Balaban J connectivity index is 0.000000185. The standard InChI is InChI=1S/2C12H20N4O3.C12H20N4O2.C11H17FN4O3.2C11H17FN4O2/c1-10-2-5-14(6-3-10)8-11(17)9-15-7-4-13-12(15)16(18)19;1-10-3-2-5-14(7-10)8-11(17)9-15-6-4-13-12(15)16(18)19;1-11(9-14-6-3-2-4-7-14)10-15-8-5-13-12(15)16(17)18;12-9-2-1-4-14(6-9)7-10(17)8-15-5-3-13-11(15)16(18)19;12-10(8-14-5-2-1-3-6-14)9-15-7-4-13-11(15)16(17)18;12-8-10(14-5-2-1-3-6-14)9-15-7-4-13-11(15)16(17)18/h4,7,10-11,17H,2-3,5-6,8-9H2,1H3;4,6,10-11,17H,2-3,5,7-9H2,1H3;5,8,11H,2-4,6-7,9-10H2,1H3;3,5,9-10,17H,1-2,4,6-8H2;2*4,7,10H,1-3,5-6,8-9H2. The van der Waals surface area contributed by atoms with E-state index in [1.165, 1.54) is 130 Å². The zero-order valence-corrected chi connectivity index (χ0v) is 63.8. The molecule has 6 aliphatic heterocycles. The Hall–Kier alpha value is -8.91. The number of imidazole rings is 6. The van der Waals surface area contributed by atoms with Gasteiger partial charge in [0.05, 0.1) is 57.1 Å². The summed E-state index contributed by atoms with van der Waals surface area (Å²) in [6.07, 6.45) is 30.2. The summed E-state index contributed by atoms with van der Waals surface area (Å²) in [7, 11) is 0. The van der Waals surface area contributed by atoms with Crippen LogP contribution in [0.2, 0.25) is 0 Å². The van der Waals surface area contributed by atoms with E-state index in [2.05, 4.69) is 75.2 Å². The molecule has 0 spiro atoms. The van der Waals surface area contributed by atoms with E-state index in [1.54, 1.807) is 10.8 Å². The smallest absolute Gasteiger partial charge is 0.390 e. The zero-order valence-electron chi connectivity index (χ0n) is 63.8. The van der Waals surface area contributed by atoms with Gasteiger partial charge in [0.25, 0.3) is 0 Å².